The van der Waals surface area contributed by atoms with Crippen LogP contribution in [0.2, 0.25) is 0 Å². The van der Waals surface area contributed by atoms with Crippen LogP contribution in [0.3, 0.4) is 0 Å². The minimum atomic E-state index is -0.177. The second-order valence-electron chi connectivity index (χ2n) is 2.11. The van der Waals surface area contributed by atoms with Crippen LogP contribution in [0.4, 0.5) is 4.79 Å². The topological polar surface area (TPSA) is 93.2 Å². The van der Waals surface area contributed by atoms with Gasteiger partial charge in [0.2, 0.25) is 0 Å². The lowest BCUT2D eigenvalue weighted by molar-refractivity contribution is 0.241. The molecule has 66 valence electrons. The van der Waals surface area contributed by atoms with E-state index in [0.717, 1.165) is 6.42 Å². The first kappa shape index (κ1) is 10.2. The van der Waals surface area contributed by atoms with Crippen molar-refractivity contribution in [2.75, 3.05) is 26.2 Å². The summed E-state index contributed by atoms with van der Waals surface area (Å²) >= 11 is 0. The SMILES string of the molecule is NCCCNC(=O)NCCN. The fraction of sp³-hybridized carbons (Fsp3) is 0.833. The normalized spacial score (nSPS) is 9.27. The maximum absolute atomic E-state index is 10.8. The first-order chi connectivity index (χ1) is 5.31. The van der Waals surface area contributed by atoms with E-state index in [9.17, 15) is 4.79 Å². The lowest BCUT2D eigenvalue weighted by Crippen LogP contribution is -2.38. The summed E-state index contributed by atoms with van der Waals surface area (Å²) in [6, 6.07) is -0.177. The predicted octanol–water partition coefficient (Wildman–Crippen LogP) is -1.41. The smallest absolute Gasteiger partial charge is 0.314 e. The van der Waals surface area contributed by atoms with Crippen molar-refractivity contribution < 1.29 is 4.79 Å². The molecule has 0 aliphatic rings. The number of nitrogens with one attached hydrogen (secondary N) is 2. The summed E-state index contributed by atoms with van der Waals surface area (Å²) in [7, 11) is 0. The molecule has 5 nitrogen and oxygen atoms in total. The number of urea groups is 1. The summed E-state index contributed by atoms with van der Waals surface area (Å²) < 4.78 is 0. The standard InChI is InChI=1S/C6H16N4O/c7-2-1-4-9-6(11)10-5-3-8/h1-5,7-8H2,(H2,9,10,11). The molecule has 6 N–H and O–H groups in total. The molecule has 0 aromatic heterocycles. The second kappa shape index (κ2) is 7.30. The lowest BCUT2D eigenvalue weighted by atomic mass is 10.4. The summed E-state index contributed by atoms with van der Waals surface area (Å²) in [5.41, 5.74) is 10.4. The zero-order chi connectivity index (χ0) is 8.53. The van der Waals surface area contributed by atoms with Gasteiger partial charge in [-0.15, -0.1) is 0 Å². The average molecular weight is 160 g/mol. The Balaban J connectivity index is 3.09. The third-order valence-electron chi connectivity index (χ3n) is 1.10. The summed E-state index contributed by atoms with van der Waals surface area (Å²) in [4.78, 5) is 10.8. The van der Waals surface area contributed by atoms with Crippen molar-refractivity contribution in [2.24, 2.45) is 11.5 Å². The Morgan fingerprint density at radius 3 is 2.27 bits per heavy atom. The molecule has 0 aromatic carbocycles. The van der Waals surface area contributed by atoms with E-state index in [1.165, 1.54) is 0 Å². The first-order valence-corrected chi connectivity index (χ1v) is 3.73. The number of carbonyl (C=O) groups excluding carboxylic acids is 1. The molecule has 0 fully saturated rings. The molecule has 0 atom stereocenters. The van der Waals surface area contributed by atoms with Crippen molar-refractivity contribution >= 4 is 6.03 Å². The zero-order valence-corrected chi connectivity index (χ0v) is 6.60. The van der Waals surface area contributed by atoms with Crippen LogP contribution in [0.5, 0.6) is 0 Å². The lowest BCUT2D eigenvalue weighted by Gasteiger charge is -2.04. The van der Waals surface area contributed by atoms with Crippen LogP contribution < -0.4 is 22.1 Å². The number of rotatable bonds is 5. The monoisotopic (exact) mass is 160 g/mol. The van der Waals surface area contributed by atoms with E-state index in [-0.39, 0.29) is 6.03 Å². The van der Waals surface area contributed by atoms with E-state index >= 15 is 0 Å². The van der Waals surface area contributed by atoms with Crippen LogP contribution in [0, 0.1) is 0 Å². The largest absolute Gasteiger partial charge is 0.338 e. The van der Waals surface area contributed by atoms with Gasteiger partial charge in [0.15, 0.2) is 0 Å². The van der Waals surface area contributed by atoms with Gasteiger partial charge in [-0.3, -0.25) is 0 Å². The van der Waals surface area contributed by atoms with Crippen molar-refractivity contribution in [3.05, 3.63) is 0 Å². The number of nitrogens with two attached hydrogens (primary N) is 2. The maximum Gasteiger partial charge on any atom is 0.314 e. The number of hydrogen-bond acceptors (Lipinski definition) is 3. The highest BCUT2D eigenvalue weighted by atomic mass is 16.2. The molecular formula is C6H16N4O. The van der Waals surface area contributed by atoms with Gasteiger partial charge in [0, 0.05) is 19.6 Å². The molecule has 0 unspecified atom stereocenters. The van der Waals surface area contributed by atoms with Gasteiger partial charge in [0.25, 0.3) is 0 Å². The Kier molecular flexibility index (Phi) is 6.76. The van der Waals surface area contributed by atoms with Gasteiger partial charge in [0.05, 0.1) is 0 Å². The summed E-state index contributed by atoms with van der Waals surface area (Å²) in [6.07, 6.45) is 0.802. The Morgan fingerprint density at radius 1 is 1.09 bits per heavy atom. The van der Waals surface area contributed by atoms with E-state index in [2.05, 4.69) is 10.6 Å². The summed E-state index contributed by atoms with van der Waals surface area (Å²) in [6.45, 7) is 2.18. The third kappa shape index (κ3) is 7.08. The Hall–Kier alpha value is -0.810. The molecule has 0 rings (SSSR count). The molecule has 0 aliphatic heterocycles. The highest BCUT2D eigenvalue weighted by Crippen LogP contribution is 1.69. The zero-order valence-electron chi connectivity index (χ0n) is 6.60. The first-order valence-electron chi connectivity index (χ1n) is 3.73. The molecule has 2 amide bonds. The highest BCUT2D eigenvalue weighted by Gasteiger charge is 1.94. The molecule has 0 aliphatic carbocycles. The Labute approximate surface area is 66.5 Å². The fourth-order valence-electron chi connectivity index (χ4n) is 0.552. The van der Waals surface area contributed by atoms with Crippen LogP contribution in [0.25, 0.3) is 0 Å². The molecule has 0 bridgehead atoms. The predicted molar refractivity (Wildman–Crippen MR) is 44.1 cm³/mol. The molecule has 0 saturated heterocycles. The molecule has 0 radical (unpaired) electrons. The van der Waals surface area contributed by atoms with E-state index in [1.807, 2.05) is 0 Å². The molecule has 0 heterocycles. The fourth-order valence-corrected chi connectivity index (χ4v) is 0.552. The van der Waals surface area contributed by atoms with Crippen molar-refractivity contribution in [3.63, 3.8) is 0 Å². The van der Waals surface area contributed by atoms with E-state index in [0.29, 0.717) is 26.2 Å². The van der Waals surface area contributed by atoms with Gasteiger partial charge in [0.1, 0.15) is 0 Å². The Morgan fingerprint density at radius 2 is 1.73 bits per heavy atom. The highest BCUT2D eigenvalue weighted by molar-refractivity contribution is 5.73. The molecule has 0 aromatic rings. The number of amides is 2. The molecule has 11 heavy (non-hydrogen) atoms. The Bertz CT molecular complexity index is 107. The maximum atomic E-state index is 10.8. The third-order valence-corrected chi connectivity index (χ3v) is 1.10. The molecular weight excluding hydrogens is 144 g/mol. The van der Waals surface area contributed by atoms with E-state index in [1.54, 1.807) is 0 Å². The van der Waals surface area contributed by atoms with Gasteiger partial charge in [-0.25, -0.2) is 4.79 Å². The van der Waals surface area contributed by atoms with Gasteiger partial charge < -0.3 is 22.1 Å². The van der Waals surface area contributed by atoms with Crippen LogP contribution in [-0.2, 0) is 0 Å². The van der Waals surface area contributed by atoms with Gasteiger partial charge in [-0.05, 0) is 13.0 Å². The van der Waals surface area contributed by atoms with Crippen molar-refractivity contribution in [3.8, 4) is 0 Å². The van der Waals surface area contributed by atoms with Gasteiger partial charge in [-0.2, -0.15) is 0 Å². The average Bonchev–Trinajstić information content (AvgIpc) is 2.01. The van der Waals surface area contributed by atoms with E-state index in [4.69, 9.17) is 11.5 Å². The quantitative estimate of drug-likeness (QED) is 0.372. The van der Waals surface area contributed by atoms with Crippen LogP contribution in [0.15, 0.2) is 0 Å². The molecule has 0 spiro atoms. The van der Waals surface area contributed by atoms with Crippen LogP contribution in [-0.4, -0.2) is 32.2 Å². The number of carbonyl (C=O) groups is 1. The minimum Gasteiger partial charge on any atom is -0.338 e. The van der Waals surface area contributed by atoms with Crippen molar-refractivity contribution in [2.45, 2.75) is 6.42 Å². The van der Waals surface area contributed by atoms with Gasteiger partial charge in [-0.1, -0.05) is 0 Å². The van der Waals surface area contributed by atoms with E-state index < -0.39 is 0 Å². The molecule has 5 heteroatoms. The second-order valence-corrected chi connectivity index (χ2v) is 2.11. The summed E-state index contributed by atoms with van der Waals surface area (Å²) in [5, 5.41) is 5.21. The van der Waals surface area contributed by atoms with Crippen LogP contribution in [0.1, 0.15) is 6.42 Å². The van der Waals surface area contributed by atoms with Crippen LogP contribution >= 0.6 is 0 Å². The molecule has 0 saturated carbocycles. The van der Waals surface area contributed by atoms with Crippen molar-refractivity contribution in [1.82, 2.24) is 10.6 Å². The minimum absolute atomic E-state index is 0.177. The van der Waals surface area contributed by atoms with Crippen molar-refractivity contribution in [1.29, 1.82) is 0 Å². The summed E-state index contributed by atoms with van der Waals surface area (Å²) in [5.74, 6) is 0. The van der Waals surface area contributed by atoms with Gasteiger partial charge >= 0.3 is 6.03 Å². The number of hydrogen-bond donors (Lipinski definition) is 4.